The van der Waals surface area contributed by atoms with Gasteiger partial charge in [0.25, 0.3) is 0 Å². The number of ether oxygens (including phenoxy) is 1. The summed E-state index contributed by atoms with van der Waals surface area (Å²) in [5.41, 5.74) is 0.650. The second kappa shape index (κ2) is 13.2. The van der Waals surface area contributed by atoms with Crippen LogP contribution in [0, 0.1) is 0 Å². The third-order valence-corrected chi connectivity index (χ3v) is 3.56. The molecule has 0 aromatic heterocycles. The molecule has 1 unspecified atom stereocenters. The molecule has 1 atom stereocenters. The van der Waals surface area contributed by atoms with E-state index < -0.39 is 0 Å². The van der Waals surface area contributed by atoms with Gasteiger partial charge in [-0.1, -0.05) is 45.1 Å². The van der Waals surface area contributed by atoms with E-state index in [9.17, 15) is 9.90 Å². The lowest BCUT2D eigenvalue weighted by molar-refractivity contribution is -0.139. The lowest BCUT2D eigenvalue weighted by Gasteiger charge is -2.10. The van der Waals surface area contributed by atoms with Crippen LogP contribution in [0.15, 0.2) is 11.6 Å². The molecule has 3 heteroatoms. The van der Waals surface area contributed by atoms with Gasteiger partial charge in [0.05, 0.1) is 12.7 Å². The van der Waals surface area contributed by atoms with Crippen LogP contribution in [0.25, 0.3) is 0 Å². The maximum Gasteiger partial charge on any atom is 0.333 e. The molecule has 0 aliphatic carbocycles. The Hall–Kier alpha value is -0.830. The second-order valence-electron chi connectivity index (χ2n) is 5.46. The number of carbonyl (C=O) groups is 1. The minimum atomic E-state index is -0.232. The molecule has 0 amide bonds. The van der Waals surface area contributed by atoms with E-state index >= 15 is 0 Å². The summed E-state index contributed by atoms with van der Waals surface area (Å²) in [7, 11) is 0. The second-order valence-corrected chi connectivity index (χ2v) is 5.46. The summed E-state index contributed by atoms with van der Waals surface area (Å²) < 4.78 is 5.11. The van der Waals surface area contributed by atoms with Gasteiger partial charge in [0.1, 0.15) is 0 Å². The van der Waals surface area contributed by atoms with Gasteiger partial charge in [-0.15, -0.1) is 0 Å². The van der Waals surface area contributed by atoms with Gasteiger partial charge in [0.2, 0.25) is 0 Å². The Morgan fingerprint density at radius 1 is 1.10 bits per heavy atom. The van der Waals surface area contributed by atoms with E-state index in [0.29, 0.717) is 12.2 Å². The average Bonchev–Trinajstić information content (AvgIpc) is 2.45. The molecular weight excluding hydrogens is 252 g/mol. The van der Waals surface area contributed by atoms with Gasteiger partial charge in [-0.3, -0.25) is 0 Å². The molecule has 20 heavy (non-hydrogen) atoms. The fourth-order valence-corrected chi connectivity index (χ4v) is 2.01. The highest BCUT2D eigenvalue weighted by atomic mass is 16.5. The van der Waals surface area contributed by atoms with Crippen LogP contribution in [-0.2, 0) is 9.53 Å². The van der Waals surface area contributed by atoms with Crippen LogP contribution in [0.5, 0.6) is 0 Å². The smallest absolute Gasteiger partial charge is 0.333 e. The average molecular weight is 284 g/mol. The Kier molecular flexibility index (Phi) is 12.6. The van der Waals surface area contributed by atoms with Crippen molar-refractivity contribution in [2.75, 3.05) is 6.61 Å². The van der Waals surface area contributed by atoms with Crippen molar-refractivity contribution in [2.45, 2.75) is 84.7 Å². The highest BCUT2D eigenvalue weighted by Crippen LogP contribution is 2.11. The zero-order valence-corrected chi connectivity index (χ0v) is 13.5. The van der Waals surface area contributed by atoms with Crippen molar-refractivity contribution in [3.8, 4) is 0 Å². The molecule has 0 fully saturated rings. The van der Waals surface area contributed by atoms with Crippen LogP contribution >= 0.6 is 0 Å². The monoisotopic (exact) mass is 284 g/mol. The van der Waals surface area contributed by atoms with E-state index in [2.05, 4.69) is 6.92 Å². The summed E-state index contributed by atoms with van der Waals surface area (Å²) in [5.74, 6) is -0.232. The van der Waals surface area contributed by atoms with Gasteiger partial charge in [0, 0.05) is 5.57 Å². The third-order valence-electron chi connectivity index (χ3n) is 3.56. The highest BCUT2D eigenvalue weighted by molar-refractivity contribution is 5.87. The van der Waals surface area contributed by atoms with Gasteiger partial charge in [-0.25, -0.2) is 4.79 Å². The number of aliphatic hydroxyl groups excluding tert-OH is 1. The van der Waals surface area contributed by atoms with Crippen molar-refractivity contribution in [1.82, 2.24) is 0 Å². The number of carbonyl (C=O) groups excluding carboxylic acids is 1. The van der Waals surface area contributed by atoms with Crippen LogP contribution in [0.1, 0.15) is 78.6 Å². The number of aliphatic hydroxyl groups is 1. The molecule has 0 aliphatic heterocycles. The van der Waals surface area contributed by atoms with E-state index in [4.69, 9.17) is 4.74 Å². The molecule has 0 saturated heterocycles. The Labute approximate surface area is 124 Å². The number of hydrogen-bond acceptors (Lipinski definition) is 3. The quantitative estimate of drug-likeness (QED) is 0.328. The number of unbranched alkanes of at least 4 members (excludes halogenated alkanes) is 5. The molecule has 0 radical (unpaired) electrons. The molecule has 1 N–H and O–H groups in total. The van der Waals surface area contributed by atoms with Gasteiger partial charge in [0.15, 0.2) is 0 Å². The van der Waals surface area contributed by atoms with Gasteiger partial charge < -0.3 is 9.84 Å². The van der Waals surface area contributed by atoms with Crippen molar-refractivity contribution in [3.05, 3.63) is 11.6 Å². The van der Waals surface area contributed by atoms with Crippen LogP contribution in [0.2, 0.25) is 0 Å². The van der Waals surface area contributed by atoms with E-state index in [-0.39, 0.29) is 12.1 Å². The van der Waals surface area contributed by atoms with Crippen LogP contribution in [0.3, 0.4) is 0 Å². The number of rotatable bonds is 12. The van der Waals surface area contributed by atoms with Crippen molar-refractivity contribution < 1.29 is 14.6 Å². The fourth-order valence-electron chi connectivity index (χ4n) is 2.01. The highest BCUT2D eigenvalue weighted by Gasteiger charge is 2.06. The molecule has 0 spiro atoms. The zero-order valence-electron chi connectivity index (χ0n) is 13.5. The first kappa shape index (κ1) is 19.2. The molecule has 0 aromatic rings. The third kappa shape index (κ3) is 11.0. The van der Waals surface area contributed by atoms with E-state index in [1.54, 1.807) is 13.0 Å². The van der Waals surface area contributed by atoms with E-state index in [1.807, 2.05) is 6.92 Å². The van der Waals surface area contributed by atoms with E-state index in [0.717, 1.165) is 32.1 Å². The summed E-state index contributed by atoms with van der Waals surface area (Å²) in [6, 6.07) is 0. The first-order chi connectivity index (χ1) is 9.61. The molecule has 0 aliphatic rings. The summed E-state index contributed by atoms with van der Waals surface area (Å²) in [5, 5.41) is 9.82. The molecule has 0 aromatic carbocycles. The first-order valence-electron chi connectivity index (χ1n) is 8.09. The predicted molar refractivity (Wildman–Crippen MR) is 83.6 cm³/mol. The molecule has 3 nitrogen and oxygen atoms in total. The zero-order chi connectivity index (χ0) is 15.2. The lowest BCUT2D eigenvalue weighted by atomic mass is 10.0. The fraction of sp³-hybridized carbons (Fsp3) is 0.824. The Morgan fingerprint density at radius 2 is 1.70 bits per heavy atom. The maximum absolute atomic E-state index is 11.4. The largest absolute Gasteiger partial charge is 0.462 e. The normalized spacial score (nSPS) is 13.3. The Morgan fingerprint density at radius 3 is 2.30 bits per heavy atom. The van der Waals surface area contributed by atoms with Crippen molar-refractivity contribution in [1.29, 1.82) is 0 Å². The first-order valence-corrected chi connectivity index (χ1v) is 8.09. The predicted octanol–water partition coefficient (Wildman–Crippen LogP) is 4.39. The van der Waals surface area contributed by atoms with Gasteiger partial charge in [-0.05, 0) is 39.5 Å². The summed E-state index contributed by atoms with van der Waals surface area (Å²) in [4.78, 5) is 11.4. The SMILES string of the molecule is CC=C(C)C(=O)OCCCCC(O)CCCCCCC. The lowest BCUT2D eigenvalue weighted by Crippen LogP contribution is -2.09. The van der Waals surface area contributed by atoms with Gasteiger partial charge in [-0.2, -0.15) is 0 Å². The van der Waals surface area contributed by atoms with Crippen LogP contribution in [-0.4, -0.2) is 23.8 Å². The molecule has 118 valence electrons. The molecule has 0 rings (SSSR count). The number of esters is 1. The van der Waals surface area contributed by atoms with Crippen LogP contribution in [0.4, 0.5) is 0 Å². The molecule has 0 heterocycles. The Balaban J connectivity index is 3.39. The van der Waals surface area contributed by atoms with Crippen molar-refractivity contribution in [2.24, 2.45) is 0 Å². The Bertz CT molecular complexity index is 271. The standard InChI is InChI=1S/C17H32O3/c1-4-6-7-8-9-12-16(18)13-10-11-14-20-17(19)15(3)5-2/h5,16,18H,4,6-14H2,1-3H3. The van der Waals surface area contributed by atoms with Gasteiger partial charge >= 0.3 is 5.97 Å². The van der Waals surface area contributed by atoms with Crippen molar-refractivity contribution in [3.63, 3.8) is 0 Å². The summed E-state index contributed by atoms with van der Waals surface area (Å²) in [6.45, 7) is 6.24. The molecule has 0 saturated carbocycles. The van der Waals surface area contributed by atoms with Crippen LogP contribution < -0.4 is 0 Å². The topological polar surface area (TPSA) is 46.5 Å². The minimum absolute atomic E-state index is 0.190. The molecule has 0 bridgehead atoms. The molecular formula is C17H32O3. The number of hydrogen-bond donors (Lipinski definition) is 1. The summed E-state index contributed by atoms with van der Waals surface area (Å²) in [6.07, 6.45) is 11.2. The maximum atomic E-state index is 11.4. The number of allylic oxidation sites excluding steroid dienone is 1. The summed E-state index contributed by atoms with van der Waals surface area (Å²) >= 11 is 0. The van der Waals surface area contributed by atoms with E-state index in [1.165, 1.54) is 25.7 Å². The van der Waals surface area contributed by atoms with Crippen molar-refractivity contribution >= 4 is 5.97 Å². The minimum Gasteiger partial charge on any atom is -0.462 e.